The first-order chi connectivity index (χ1) is 4.61. The molecule has 0 saturated carbocycles. The summed E-state index contributed by atoms with van der Waals surface area (Å²) in [5.74, 6) is 0. The minimum absolute atomic E-state index is 0.442. The summed E-state index contributed by atoms with van der Waals surface area (Å²) in [6, 6.07) is 1.69. The van der Waals surface area contributed by atoms with Crippen LogP contribution in [0.3, 0.4) is 0 Å². The zero-order valence-corrected chi connectivity index (χ0v) is 6.96. The lowest BCUT2D eigenvalue weighted by atomic mass is 10.4. The molecular weight excluding hydrogens is 170 g/mol. The number of anilines is 1. The molecule has 0 bridgehead atoms. The van der Waals surface area contributed by atoms with Crippen molar-refractivity contribution in [3.05, 3.63) is 11.6 Å². The van der Waals surface area contributed by atoms with Gasteiger partial charge >= 0.3 is 0 Å². The van der Waals surface area contributed by atoms with E-state index in [4.69, 9.17) is 10.3 Å². The van der Waals surface area contributed by atoms with Crippen LogP contribution in [0.15, 0.2) is 10.3 Å². The number of rotatable bonds is 1. The Balaban J connectivity index is 3.15. The molecule has 0 aliphatic rings. The molecule has 1 aromatic rings. The van der Waals surface area contributed by atoms with Gasteiger partial charge in [-0.25, -0.2) is 4.21 Å². The van der Waals surface area contributed by atoms with Gasteiger partial charge in [-0.1, -0.05) is 0 Å². The standard InChI is InChI=1S/C5H7NO2S2/c1-3-2-4(6)9-5(3)10(7)8/h2H,6H2,1H3,(H,7,8). The molecule has 0 aromatic carbocycles. The highest BCUT2D eigenvalue weighted by Gasteiger charge is 2.07. The van der Waals surface area contributed by atoms with Crippen LogP contribution in [-0.2, 0) is 11.1 Å². The topological polar surface area (TPSA) is 63.3 Å². The molecule has 0 aliphatic heterocycles. The summed E-state index contributed by atoms with van der Waals surface area (Å²) in [7, 11) is 0. The lowest BCUT2D eigenvalue weighted by molar-refractivity contribution is 0.566. The number of nitrogens with two attached hydrogens (primary N) is 1. The Morgan fingerprint density at radius 2 is 2.40 bits per heavy atom. The van der Waals surface area contributed by atoms with E-state index in [1.165, 1.54) is 0 Å². The Morgan fingerprint density at radius 1 is 1.80 bits per heavy atom. The molecule has 10 heavy (non-hydrogen) atoms. The average Bonchev–Trinajstić information content (AvgIpc) is 2.10. The minimum Gasteiger partial charge on any atom is -0.391 e. The molecule has 1 aromatic heterocycles. The second-order valence-electron chi connectivity index (χ2n) is 1.87. The molecule has 1 heterocycles. The van der Waals surface area contributed by atoms with Crippen LogP contribution in [0.2, 0.25) is 0 Å². The Labute approximate surface area is 65.2 Å². The van der Waals surface area contributed by atoms with Crippen molar-refractivity contribution >= 4 is 27.4 Å². The van der Waals surface area contributed by atoms with E-state index in [0.717, 1.165) is 16.9 Å². The molecule has 0 spiro atoms. The molecule has 0 saturated heterocycles. The molecule has 1 unspecified atom stereocenters. The fraction of sp³-hybridized carbons (Fsp3) is 0.200. The average molecular weight is 177 g/mol. The zero-order valence-electron chi connectivity index (χ0n) is 5.33. The summed E-state index contributed by atoms with van der Waals surface area (Å²) in [6.07, 6.45) is 0. The predicted octanol–water partition coefficient (Wildman–Crippen LogP) is 1.22. The number of hydrogen-bond donors (Lipinski definition) is 2. The Bertz CT molecular complexity index is 269. The zero-order chi connectivity index (χ0) is 7.72. The van der Waals surface area contributed by atoms with E-state index >= 15 is 0 Å². The monoisotopic (exact) mass is 177 g/mol. The van der Waals surface area contributed by atoms with Crippen LogP contribution in [0.1, 0.15) is 5.56 Å². The van der Waals surface area contributed by atoms with Crippen molar-refractivity contribution in [1.29, 1.82) is 0 Å². The number of hydrogen-bond acceptors (Lipinski definition) is 3. The Kier molecular flexibility index (Phi) is 2.08. The van der Waals surface area contributed by atoms with Gasteiger partial charge in [-0.15, -0.1) is 11.3 Å². The maximum Gasteiger partial charge on any atom is 0.197 e. The maximum atomic E-state index is 10.5. The fourth-order valence-electron chi connectivity index (χ4n) is 0.663. The molecular formula is C5H7NO2S2. The normalized spacial score (nSPS) is 13.4. The van der Waals surface area contributed by atoms with Gasteiger partial charge in [-0.05, 0) is 18.6 Å². The van der Waals surface area contributed by atoms with Gasteiger partial charge in [0.15, 0.2) is 11.1 Å². The summed E-state index contributed by atoms with van der Waals surface area (Å²) in [4.78, 5) is 0. The quantitative estimate of drug-likeness (QED) is 0.634. The lowest BCUT2D eigenvalue weighted by Crippen LogP contribution is -1.84. The summed E-state index contributed by atoms with van der Waals surface area (Å²) in [6.45, 7) is 1.76. The van der Waals surface area contributed by atoms with E-state index in [9.17, 15) is 4.21 Å². The van der Waals surface area contributed by atoms with E-state index < -0.39 is 11.1 Å². The predicted molar refractivity (Wildman–Crippen MR) is 42.5 cm³/mol. The van der Waals surface area contributed by atoms with Crippen LogP contribution in [-0.4, -0.2) is 8.76 Å². The molecule has 0 fully saturated rings. The molecule has 0 aliphatic carbocycles. The number of thiophene rings is 1. The fourth-order valence-corrected chi connectivity index (χ4v) is 2.24. The van der Waals surface area contributed by atoms with Crippen LogP contribution in [0.5, 0.6) is 0 Å². The number of aryl methyl sites for hydroxylation is 1. The highest BCUT2D eigenvalue weighted by molar-refractivity contribution is 7.82. The lowest BCUT2D eigenvalue weighted by Gasteiger charge is -1.87. The smallest absolute Gasteiger partial charge is 0.197 e. The first-order valence-corrected chi connectivity index (χ1v) is 4.50. The Morgan fingerprint density at radius 3 is 2.60 bits per heavy atom. The van der Waals surface area contributed by atoms with Crippen LogP contribution < -0.4 is 5.73 Å². The molecule has 1 atom stereocenters. The van der Waals surface area contributed by atoms with Gasteiger partial charge in [0, 0.05) is 0 Å². The van der Waals surface area contributed by atoms with Gasteiger partial charge in [0.1, 0.15) is 4.21 Å². The second-order valence-corrected chi connectivity index (χ2v) is 4.12. The van der Waals surface area contributed by atoms with Gasteiger partial charge in [-0.3, -0.25) is 0 Å². The van der Waals surface area contributed by atoms with Gasteiger partial charge < -0.3 is 10.3 Å². The summed E-state index contributed by atoms with van der Waals surface area (Å²) in [5, 5.41) is 0.579. The van der Waals surface area contributed by atoms with Crippen molar-refractivity contribution in [2.75, 3.05) is 5.73 Å². The van der Waals surface area contributed by atoms with Crippen LogP contribution in [0.4, 0.5) is 5.00 Å². The second kappa shape index (κ2) is 2.69. The van der Waals surface area contributed by atoms with E-state index in [1.807, 2.05) is 0 Å². The minimum atomic E-state index is -1.88. The molecule has 56 valence electrons. The molecule has 0 amide bonds. The third kappa shape index (κ3) is 1.36. The van der Waals surface area contributed by atoms with Crippen molar-refractivity contribution in [2.45, 2.75) is 11.1 Å². The SMILES string of the molecule is Cc1cc(N)sc1S(=O)O. The van der Waals surface area contributed by atoms with Crippen molar-refractivity contribution in [1.82, 2.24) is 0 Å². The van der Waals surface area contributed by atoms with E-state index in [1.54, 1.807) is 13.0 Å². The summed E-state index contributed by atoms with van der Waals surface area (Å²) < 4.78 is 19.6. The van der Waals surface area contributed by atoms with Crippen molar-refractivity contribution in [3.63, 3.8) is 0 Å². The van der Waals surface area contributed by atoms with Gasteiger partial charge in [0.2, 0.25) is 0 Å². The van der Waals surface area contributed by atoms with Crippen LogP contribution in [0.25, 0.3) is 0 Å². The molecule has 3 N–H and O–H groups in total. The van der Waals surface area contributed by atoms with Crippen molar-refractivity contribution in [3.8, 4) is 0 Å². The van der Waals surface area contributed by atoms with Crippen molar-refractivity contribution < 1.29 is 8.76 Å². The third-order valence-corrected chi connectivity index (χ3v) is 3.23. The summed E-state index contributed by atoms with van der Waals surface area (Å²) in [5.41, 5.74) is 6.17. The first-order valence-electron chi connectivity index (χ1n) is 2.58. The molecule has 0 radical (unpaired) electrons. The highest BCUT2D eigenvalue weighted by atomic mass is 32.2. The van der Waals surface area contributed by atoms with E-state index in [0.29, 0.717) is 9.21 Å². The van der Waals surface area contributed by atoms with Gasteiger partial charge in [0.25, 0.3) is 0 Å². The molecule has 5 heteroatoms. The van der Waals surface area contributed by atoms with Gasteiger partial charge in [0.05, 0.1) is 5.00 Å². The van der Waals surface area contributed by atoms with Crippen LogP contribution in [0, 0.1) is 6.92 Å². The van der Waals surface area contributed by atoms with Gasteiger partial charge in [-0.2, -0.15) is 0 Å². The first kappa shape index (κ1) is 7.71. The van der Waals surface area contributed by atoms with E-state index in [-0.39, 0.29) is 0 Å². The maximum absolute atomic E-state index is 10.5. The number of nitrogen functional groups attached to an aromatic ring is 1. The summed E-state index contributed by atoms with van der Waals surface area (Å²) >= 11 is -0.731. The highest BCUT2D eigenvalue weighted by Crippen LogP contribution is 2.25. The third-order valence-electron chi connectivity index (χ3n) is 1.05. The molecule has 3 nitrogen and oxygen atoms in total. The van der Waals surface area contributed by atoms with Crippen molar-refractivity contribution in [2.24, 2.45) is 0 Å². The largest absolute Gasteiger partial charge is 0.391 e. The molecule has 1 rings (SSSR count). The van der Waals surface area contributed by atoms with Crippen LogP contribution >= 0.6 is 11.3 Å². The Hall–Kier alpha value is -0.390. The van der Waals surface area contributed by atoms with E-state index in [2.05, 4.69) is 0 Å².